The molecule has 0 aliphatic rings. The number of nitrogens with one attached hydrogen (secondary N) is 2. The summed E-state index contributed by atoms with van der Waals surface area (Å²) in [5, 5.41) is -0.131. The van der Waals surface area contributed by atoms with E-state index in [9.17, 15) is 8.42 Å². The maximum Gasteiger partial charge on any atom is 0.260 e. The van der Waals surface area contributed by atoms with Crippen LogP contribution >= 0.6 is 0 Å². The summed E-state index contributed by atoms with van der Waals surface area (Å²) in [4.78, 5) is 3.85. The van der Waals surface area contributed by atoms with Crippen molar-refractivity contribution in [2.45, 2.75) is 24.4 Å². The van der Waals surface area contributed by atoms with Crippen LogP contribution in [0.15, 0.2) is 46.2 Å². The van der Waals surface area contributed by atoms with Crippen LogP contribution in [0.1, 0.15) is 12.7 Å². The Morgan fingerprint density at radius 2 is 2.20 bits per heavy atom. The maximum absolute atomic E-state index is 12.3. The largest absolute Gasteiger partial charge is 0.469 e. The summed E-state index contributed by atoms with van der Waals surface area (Å²) in [7, 11) is -3.75. The third-order valence-electron chi connectivity index (χ3n) is 2.63. The van der Waals surface area contributed by atoms with Gasteiger partial charge in [0.2, 0.25) is 0 Å². The average molecular weight is 296 g/mol. The number of hydrogen-bond acceptors (Lipinski definition) is 6. The molecule has 108 valence electrons. The second-order valence-corrected chi connectivity index (χ2v) is 5.94. The van der Waals surface area contributed by atoms with Crippen LogP contribution in [0.5, 0.6) is 0 Å². The lowest BCUT2D eigenvalue weighted by atomic mass is 10.2. The highest BCUT2D eigenvalue weighted by Crippen LogP contribution is 2.17. The zero-order valence-corrected chi connectivity index (χ0v) is 11.7. The molecule has 0 bridgehead atoms. The summed E-state index contributed by atoms with van der Waals surface area (Å²) in [5.41, 5.74) is 2.56. The highest BCUT2D eigenvalue weighted by Gasteiger charge is 2.22. The van der Waals surface area contributed by atoms with E-state index >= 15 is 0 Å². The van der Waals surface area contributed by atoms with Gasteiger partial charge in [-0.15, -0.1) is 0 Å². The van der Waals surface area contributed by atoms with Gasteiger partial charge in [0.05, 0.1) is 12.0 Å². The van der Waals surface area contributed by atoms with Crippen molar-refractivity contribution < 1.29 is 12.8 Å². The monoisotopic (exact) mass is 296 g/mol. The highest BCUT2D eigenvalue weighted by molar-refractivity contribution is 7.89. The van der Waals surface area contributed by atoms with Crippen LogP contribution < -0.4 is 16.0 Å². The van der Waals surface area contributed by atoms with E-state index in [1.807, 2.05) is 0 Å². The molecule has 7 nitrogen and oxygen atoms in total. The van der Waals surface area contributed by atoms with Gasteiger partial charge < -0.3 is 9.84 Å². The van der Waals surface area contributed by atoms with Gasteiger partial charge in [-0.1, -0.05) is 0 Å². The molecule has 1 unspecified atom stereocenters. The summed E-state index contributed by atoms with van der Waals surface area (Å²) in [6, 6.07) is 6.35. The molecule has 2 heterocycles. The van der Waals surface area contributed by atoms with Crippen LogP contribution in [0.4, 0.5) is 5.69 Å². The number of furan rings is 1. The van der Waals surface area contributed by atoms with Gasteiger partial charge in [-0.25, -0.2) is 18.1 Å². The van der Waals surface area contributed by atoms with Crippen LogP contribution in [0, 0.1) is 0 Å². The first-order valence-electron chi connectivity index (χ1n) is 5.99. The lowest BCUT2D eigenvalue weighted by Gasteiger charge is -2.14. The first-order valence-corrected chi connectivity index (χ1v) is 7.47. The van der Waals surface area contributed by atoms with Gasteiger partial charge in [-0.3, -0.25) is 5.84 Å². The van der Waals surface area contributed by atoms with Crippen molar-refractivity contribution in [3.05, 3.63) is 42.5 Å². The topological polar surface area (TPSA) is 110 Å². The van der Waals surface area contributed by atoms with E-state index in [0.717, 1.165) is 0 Å². The Bertz CT molecular complexity index is 655. The van der Waals surface area contributed by atoms with Crippen molar-refractivity contribution in [2.75, 3.05) is 5.43 Å². The first-order chi connectivity index (χ1) is 9.53. The lowest BCUT2D eigenvalue weighted by Crippen LogP contribution is -2.35. The number of pyridine rings is 1. The number of nitrogens with two attached hydrogens (primary N) is 1. The molecule has 0 amide bonds. The molecule has 0 saturated carbocycles. The molecular weight excluding hydrogens is 280 g/mol. The Morgan fingerprint density at radius 1 is 1.40 bits per heavy atom. The molecule has 20 heavy (non-hydrogen) atoms. The van der Waals surface area contributed by atoms with Crippen molar-refractivity contribution in [1.29, 1.82) is 0 Å². The summed E-state index contributed by atoms with van der Waals surface area (Å²) < 4.78 is 32.2. The van der Waals surface area contributed by atoms with Crippen LogP contribution in [-0.2, 0) is 16.4 Å². The first kappa shape index (κ1) is 14.5. The van der Waals surface area contributed by atoms with E-state index in [1.165, 1.54) is 6.20 Å². The minimum atomic E-state index is -3.75. The second kappa shape index (κ2) is 6.04. The third-order valence-corrected chi connectivity index (χ3v) is 4.17. The number of hydrogen-bond donors (Lipinski definition) is 3. The summed E-state index contributed by atoms with van der Waals surface area (Å²) in [6.07, 6.45) is 3.39. The predicted octanol–water partition coefficient (Wildman–Crippen LogP) is 0.870. The SMILES string of the molecule is CC(Cc1ccco1)NS(=O)(=O)c1ncccc1NN. The molecule has 0 fully saturated rings. The fourth-order valence-electron chi connectivity index (χ4n) is 1.81. The third kappa shape index (κ3) is 3.35. The minimum absolute atomic E-state index is 0.131. The van der Waals surface area contributed by atoms with E-state index in [4.69, 9.17) is 10.3 Å². The van der Waals surface area contributed by atoms with Crippen LogP contribution in [0.25, 0.3) is 0 Å². The summed E-state index contributed by atoms with van der Waals surface area (Å²) >= 11 is 0. The van der Waals surface area contributed by atoms with Crippen molar-refractivity contribution >= 4 is 15.7 Å². The van der Waals surface area contributed by atoms with Crippen LogP contribution in [-0.4, -0.2) is 19.4 Å². The van der Waals surface area contributed by atoms with E-state index in [0.29, 0.717) is 12.2 Å². The number of nitrogen functional groups attached to an aromatic ring is 1. The van der Waals surface area contributed by atoms with Crippen LogP contribution in [0.2, 0.25) is 0 Å². The zero-order valence-electron chi connectivity index (χ0n) is 10.9. The second-order valence-electron chi connectivity index (χ2n) is 4.31. The Balaban J connectivity index is 2.14. The molecule has 2 rings (SSSR count). The van der Waals surface area contributed by atoms with E-state index in [2.05, 4.69) is 15.1 Å². The maximum atomic E-state index is 12.3. The van der Waals surface area contributed by atoms with Gasteiger partial charge in [0, 0.05) is 18.7 Å². The molecule has 1 atom stereocenters. The van der Waals surface area contributed by atoms with Gasteiger partial charge in [0.25, 0.3) is 10.0 Å². The van der Waals surface area contributed by atoms with Crippen molar-refractivity contribution in [3.8, 4) is 0 Å². The van der Waals surface area contributed by atoms with Crippen molar-refractivity contribution in [2.24, 2.45) is 5.84 Å². The number of rotatable bonds is 6. The van der Waals surface area contributed by atoms with Crippen molar-refractivity contribution in [1.82, 2.24) is 9.71 Å². The number of anilines is 1. The van der Waals surface area contributed by atoms with Gasteiger partial charge in [-0.2, -0.15) is 0 Å². The number of aromatic nitrogens is 1. The zero-order chi connectivity index (χ0) is 14.6. The standard InChI is InChI=1S/C12H16N4O3S/c1-9(8-10-4-3-7-19-10)16-20(17,18)12-11(15-13)5-2-6-14-12/h2-7,9,15-16H,8,13H2,1H3. The fraction of sp³-hybridized carbons (Fsp3) is 0.250. The molecule has 0 aliphatic carbocycles. The molecule has 0 saturated heterocycles. The Kier molecular flexibility index (Phi) is 4.38. The smallest absolute Gasteiger partial charge is 0.260 e. The molecular formula is C12H16N4O3S. The molecule has 2 aromatic heterocycles. The molecule has 8 heteroatoms. The molecule has 0 spiro atoms. The van der Waals surface area contributed by atoms with E-state index < -0.39 is 10.0 Å². The Morgan fingerprint density at radius 3 is 2.85 bits per heavy atom. The normalized spacial score (nSPS) is 13.1. The molecule has 4 N–H and O–H groups in total. The molecule has 0 aromatic carbocycles. The number of sulfonamides is 1. The minimum Gasteiger partial charge on any atom is -0.469 e. The van der Waals surface area contributed by atoms with Crippen LogP contribution in [0.3, 0.4) is 0 Å². The van der Waals surface area contributed by atoms with E-state index in [-0.39, 0.29) is 16.8 Å². The van der Waals surface area contributed by atoms with Crippen molar-refractivity contribution in [3.63, 3.8) is 0 Å². The average Bonchev–Trinajstić information content (AvgIpc) is 2.90. The van der Waals surface area contributed by atoms with Gasteiger partial charge in [-0.05, 0) is 31.2 Å². The summed E-state index contributed by atoms with van der Waals surface area (Å²) in [6.45, 7) is 1.75. The fourth-order valence-corrected chi connectivity index (χ4v) is 3.15. The van der Waals surface area contributed by atoms with Gasteiger partial charge in [0.15, 0.2) is 5.03 Å². The number of hydrazine groups is 1. The van der Waals surface area contributed by atoms with Gasteiger partial charge >= 0.3 is 0 Å². The quantitative estimate of drug-likeness (QED) is 0.539. The molecule has 0 radical (unpaired) electrons. The Labute approximate surface area is 117 Å². The summed E-state index contributed by atoms with van der Waals surface area (Å²) in [5.74, 6) is 6.00. The number of nitrogens with zero attached hydrogens (tertiary/aromatic N) is 1. The molecule has 0 aliphatic heterocycles. The lowest BCUT2D eigenvalue weighted by molar-refractivity contribution is 0.478. The highest BCUT2D eigenvalue weighted by atomic mass is 32.2. The Hall–Kier alpha value is -1.90. The van der Waals surface area contributed by atoms with Gasteiger partial charge in [0.1, 0.15) is 5.76 Å². The molecule has 2 aromatic rings. The van der Waals surface area contributed by atoms with E-state index in [1.54, 1.807) is 37.5 Å². The predicted molar refractivity (Wildman–Crippen MR) is 74.2 cm³/mol.